The molecule has 0 bridgehead atoms. The minimum Gasteiger partial charge on any atom is -0.505 e. The van der Waals surface area contributed by atoms with Crippen LogP contribution in [-0.4, -0.2) is 33.1 Å². The highest BCUT2D eigenvalue weighted by Crippen LogP contribution is 2.39. The van der Waals surface area contributed by atoms with E-state index >= 15 is 0 Å². The van der Waals surface area contributed by atoms with Crippen molar-refractivity contribution in [2.24, 2.45) is 0 Å². The Bertz CT molecular complexity index is 1040. The van der Waals surface area contributed by atoms with E-state index in [4.69, 9.17) is 27.9 Å². The fourth-order valence-electron chi connectivity index (χ4n) is 2.96. The first kappa shape index (κ1) is 19.0. The molecule has 0 aliphatic carbocycles. The summed E-state index contributed by atoms with van der Waals surface area (Å²) >= 11 is 12.5. The van der Waals surface area contributed by atoms with Gasteiger partial charge in [0.05, 0.1) is 28.6 Å². The van der Waals surface area contributed by atoms with Gasteiger partial charge in [-0.25, -0.2) is 9.78 Å². The van der Waals surface area contributed by atoms with Gasteiger partial charge in [-0.2, -0.15) is 5.26 Å². The fraction of sp³-hybridized carbons (Fsp3) is 0.211. The molecule has 0 saturated heterocycles. The SMILES string of the molecule is CCOC(=O)c1nc(C#N)c2c(c(Cl)cn2C(CCl)c2ccccc2)c1O. The summed E-state index contributed by atoms with van der Waals surface area (Å²) in [6.45, 7) is 1.74. The third-order valence-electron chi connectivity index (χ3n) is 4.14. The maximum Gasteiger partial charge on any atom is 0.360 e. The van der Waals surface area contributed by atoms with E-state index < -0.39 is 11.7 Å². The smallest absolute Gasteiger partial charge is 0.360 e. The van der Waals surface area contributed by atoms with Gasteiger partial charge in [-0.15, -0.1) is 11.6 Å². The number of halogens is 2. The number of nitriles is 1. The Morgan fingerprint density at radius 2 is 2.11 bits per heavy atom. The molecule has 0 aliphatic rings. The molecule has 1 atom stereocenters. The number of aromatic nitrogens is 2. The van der Waals surface area contributed by atoms with Gasteiger partial charge in [-0.3, -0.25) is 0 Å². The van der Waals surface area contributed by atoms with Gasteiger partial charge >= 0.3 is 5.97 Å². The number of pyridine rings is 1. The van der Waals surface area contributed by atoms with Gasteiger partial charge in [0.15, 0.2) is 17.1 Å². The van der Waals surface area contributed by atoms with Crippen molar-refractivity contribution in [3.05, 3.63) is 58.5 Å². The molecular formula is C19H15Cl2N3O3. The molecule has 2 heterocycles. The zero-order chi connectivity index (χ0) is 19.6. The molecule has 1 aromatic carbocycles. The van der Waals surface area contributed by atoms with Crippen molar-refractivity contribution in [1.29, 1.82) is 5.26 Å². The number of alkyl halides is 1. The number of hydrogen-bond acceptors (Lipinski definition) is 5. The number of fused-ring (bicyclic) bond motifs is 1. The number of carbonyl (C=O) groups is 1. The average Bonchev–Trinajstić information content (AvgIpc) is 3.01. The highest BCUT2D eigenvalue weighted by Gasteiger charge is 2.27. The first-order valence-corrected chi connectivity index (χ1v) is 9.05. The predicted octanol–water partition coefficient (Wildman–Crippen LogP) is 4.27. The Labute approximate surface area is 165 Å². The molecule has 0 spiro atoms. The molecule has 0 radical (unpaired) electrons. The van der Waals surface area contributed by atoms with E-state index in [9.17, 15) is 15.2 Å². The number of rotatable bonds is 5. The zero-order valence-corrected chi connectivity index (χ0v) is 15.8. The minimum atomic E-state index is -0.825. The van der Waals surface area contributed by atoms with Gasteiger partial charge in [0, 0.05) is 12.1 Å². The second kappa shape index (κ2) is 7.87. The standard InChI is InChI=1S/C19H15Cl2N3O3/c1-2-27-19(26)16-18(25)15-12(21)10-24(17(15)13(9-22)23-16)14(8-20)11-6-4-3-5-7-11/h3-7,10,14,25H,2,8H2,1H3. The largest absolute Gasteiger partial charge is 0.505 e. The maximum atomic E-state index is 12.1. The molecule has 138 valence electrons. The Hall–Kier alpha value is -2.75. The summed E-state index contributed by atoms with van der Waals surface area (Å²) in [5.41, 5.74) is 0.813. The van der Waals surface area contributed by atoms with Crippen LogP contribution < -0.4 is 0 Å². The number of nitrogens with zero attached hydrogens (tertiary/aromatic N) is 3. The van der Waals surface area contributed by atoms with Gasteiger partial charge in [0.1, 0.15) is 6.07 Å². The fourth-order valence-corrected chi connectivity index (χ4v) is 3.57. The summed E-state index contributed by atoms with van der Waals surface area (Å²) in [5.74, 6) is -1.04. The van der Waals surface area contributed by atoms with E-state index in [0.29, 0.717) is 5.52 Å². The van der Waals surface area contributed by atoms with Gasteiger partial charge in [0.25, 0.3) is 0 Å². The molecule has 1 N–H and O–H groups in total. The molecule has 3 aromatic rings. The van der Waals surface area contributed by atoms with Crippen LogP contribution in [0.3, 0.4) is 0 Å². The van der Waals surface area contributed by atoms with Gasteiger partial charge in [-0.1, -0.05) is 41.9 Å². The number of carbonyl (C=O) groups excluding carboxylic acids is 1. The van der Waals surface area contributed by atoms with Crippen LogP contribution in [0.4, 0.5) is 0 Å². The third-order valence-corrected chi connectivity index (χ3v) is 4.72. The van der Waals surface area contributed by atoms with Gasteiger partial charge < -0.3 is 14.4 Å². The van der Waals surface area contributed by atoms with Crippen LogP contribution >= 0.6 is 23.2 Å². The van der Waals surface area contributed by atoms with Crippen LogP contribution in [0.1, 0.15) is 34.7 Å². The van der Waals surface area contributed by atoms with E-state index in [0.717, 1.165) is 5.56 Å². The number of aromatic hydroxyl groups is 1. The molecule has 27 heavy (non-hydrogen) atoms. The van der Waals surface area contributed by atoms with Crippen molar-refractivity contribution in [1.82, 2.24) is 9.55 Å². The van der Waals surface area contributed by atoms with Crippen molar-refractivity contribution < 1.29 is 14.6 Å². The van der Waals surface area contributed by atoms with Gasteiger partial charge in [0.2, 0.25) is 0 Å². The van der Waals surface area contributed by atoms with Crippen molar-refractivity contribution in [2.75, 3.05) is 12.5 Å². The van der Waals surface area contributed by atoms with E-state index in [1.807, 2.05) is 36.4 Å². The van der Waals surface area contributed by atoms with Crippen LogP contribution in [0, 0.1) is 11.3 Å². The Kier molecular flexibility index (Phi) is 5.54. The molecule has 1 unspecified atom stereocenters. The van der Waals surface area contributed by atoms with Crippen LogP contribution in [0.5, 0.6) is 5.75 Å². The number of esters is 1. The van der Waals surface area contributed by atoms with E-state index in [1.165, 1.54) is 0 Å². The van der Waals surface area contributed by atoms with Crippen LogP contribution in [-0.2, 0) is 4.74 Å². The second-order valence-corrected chi connectivity index (χ2v) is 6.39. The number of ether oxygens (including phenoxy) is 1. The highest BCUT2D eigenvalue weighted by molar-refractivity contribution is 6.36. The first-order valence-electron chi connectivity index (χ1n) is 8.14. The third kappa shape index (κ3) is 3.32. The molecule has 0 amide bonds. The topological polar surface area (TPSA) is 88.1 Å². The highest BCUT2D eigenvalue weighted by atomic mass is 35.5. The Morgan fingerprint density at radius 1 is 1.41 bits per heavy atom. The number of benzene rings is 1. The summed E-state index contributed by atoms with van der Waals surface area (Å²) in [5, 5.41) is 20.5. The van der Waals surface area contributed by atoms with E-state index in [-0.39, 0.29) is 40.3 Å². The summed E-state index contributed by atoms with van der Waals surface area (Å²) in [7, 11) is 0. The quantitative estimate of drug-likeness (QED) is 0.507. The molecule has 0 saturated carbocycles. The van der Waals surface area contributed by atoms with E-state index in [2.05, 4.69) is 4.98 Å². The molecule has 3 rings (SSSR count). The number of hydrogen-bond donors (Lipinski definition) is 1. The van der Waals surface area contributed by atoms with Crippen molar-refractivity contribution in [3.63, 3.8) is 0 Å². The lowest BCUT2D eigenvalue weighted by Gasteiger charge is -2.18. The molecule has 6 nitrogen and oxygen atoms in total. The van der Waals surface area contributed by atoms with E-state index in [1.54, 1.807) is 17.7 Å². The van der Waals surface area contributed by atoms with Gasteiger partial charge in [-0.05, 0) is 12.5 Å². The molecule has 0 fully saturated rings. The van der Waals surface area contributed by atoms with Crippen molar-refractivity contribution in [3.8, 4) is 11.8 Å². The van der Waals surface area contributed by atoms with Crippen LogP contribution in [0.25, 0.3) is 10.9 Å². The lowest BCUT2D eigenvalue weighted by Crippen LogP contribution is -2.13. The second-order valence-electron chi connectivity index (χ2n) is 5.68. The summed E-state index contributed by atoms with van der Waals surface area (Å²) in [4.78, 5) is 16.1. The Morgan fingerprint density at radius 3 is 2.70 bits per heavy atom. The Balaban J connectivity index is 2.30. The monoisotopic (exact) mass is 403 g/mol. The van der Waals surface area contributed by atoms with Crippen LogP contribution in [0.15, 0.2) is 36.5 Å². The lowest BCUT2D eigenvalue weighted by molar-refractivity contribution is 0.0516. The molecule has 8 heteroatoms. The summed E-state index contributed by atoms with van der Waals surface area (Å²) in [6.07, 6.45) is 1.57. The molecule has 0 aliphatic heterocycles. The van der Waals surface area contributed by atoms with Crippen molar-refractivity contribution in [2.45, 2.75) is 13.0 Å². The molecule has 2 aromatic heterocycles. The predicted molar refractivity (Wildman–Crippen MR) is 102 cm³/mol. The lowest BCUT2D eigenvalue weighted by atomic mass is 10.1. The first-order chi connectivity index (χ1) is 13.0. The molecular weight excluding hydrogens is 389 g/mol. The minimum absolute atomic E-state index is 0.0520. The maximum absolute atomic E-state index is 12.1. The van der Waals surface area contributed by atoms with Crippen molar-refractivity contribution >= 4 is 40.1 Å². The normalized spacial score (nSPS) is 11.9. The summed E-state index contributed by atoms with van der Waals surface area (Å²) in [6, 6.07) is 11.1. The zero-order valence-electron chi connectivity index (χ0n) is 14.3. The summed E-state index contributed by atoms with van der Waals surface area (Å²) < 4.78 is 6.59. The van der Waals surface area contributed by atoms with Crippen LogP contribution in [0.2, 0.25) is 5.02 Å². The average molecular weight is 404 g/mol.